The average molecular weight is 458 g/mol. The van der Waals surface area contributed by atoms with E-state index in [0.717, 1.165) is 30.0 Å². The summed E-state index contributed by atoms with van der Waals surface area (Å²) in [5, 5.41) is 2.73. The number of hydrogen-bond donors (Lipinski definition) is 3. The molecule has 178 valence electrons. The number of methoxy groups -OCH3 is 1. The summed E-state index contributed by atoms with van der Waals surface area (Å²) in [7, 11) is 1.33. The third-order valence-electron chi connectivity index (χ3n) is 4.86. The predicted molar refractivity (Wildman–Crippen MR) is 125 cm³/mol. The summed E-state index contributed by atoms with van der Waals surface area (Å²) in [5.74, 6) is -0.327. The maximum atomic E-state index is 12.0. The third kappa shape index (κ3) is 9.38. The lowest BCUT2D eigenvalue weighted by atomic mass is 10.2. The van der Waals surface area contributed by atoms with Crippen molar-refractivity contribution in [2.45, 2.75) is 13.0 Å². The molecule has 2 aromatic rings. The van der Waals surface area contributed by atoms with Crippen LogP contribution in [0.25, 0.3) is 0 Å². The van der Waals surface area contributed by atoms with E-state index in [1.807, 2.05) is 54.6 Å². The Morgan fingerprint density at radius 1 is 1.00 bits per heavy atom. The van der Waals surface area contributed by atoms with Crippen LogP contribution in [0.3, 0.4) is 0 Å². The lowest BCUT2D eigenvalue weighted by Gasteiger charge is -2.36. The Balaban J connectivity index is 0.000000294. The fourth-order valence-electron chi connectivity index (χ4n) is 3.10. The Bertz CT molecular complexity index is 901. The van der Waals surface area contributed by atoms with Crippen LogP contribution in [-0.4, -0.2) is 62.8 Å². The normalized spacial score (nSPS) is 12.8. The lowest BCUT2D eigenvalue weighted by molar-refractivity contribution is -0.140. The minimum absolute atomic E-state index is 0.142. The largest absolute Gasteiger partial charge is 0.469 e. The zero-order valence-corrected chi connectivity index (χ0v) is 18.7. The lowest BCUT2D eigenvalue weighted by Crippen LogP contribution is -2.52. The van der Waals surface area contributed by atoms with Crippen LogP contribution in [-0.2, 0) is 20.9 Å². The number of carbonyl (C=O) groups is 3. The summed E-state index contributed by atoms with van der Waals surface area (Å²) in [4.78, 5) is 37.1. The Kier molecular flexibility index (Phi) is 10.3. The molecular weight excluding hydrogens is 426 g/mol. The molecule has 3 amide bonds. The molecule has 1 aliphatic rings. The van der Waals surface area contributed by atoms with Crippen LogP contribution in [0.5, 0.6) is 0 Å². The van der Waals surface area contributed by atoms with E-state index >= 15 is 0 Å². The number of benzene rings is 2. The molecule has 1 aliphatic heterocycles. The molecule has 3 rings (SSSR count). The fourth-order valence-corrected chi connectivity index (χ4v) is 3.10. The van der Waals surface area contributed by atoms with Gasteiger partial charge in [0, 0.05) is 44.1 Å². The van der Waals surface area contributed by atoms with Crippen molar-refractivity contribution in [1.82, 2.24) is 10.2 Å². The number of ether oxygens (including phenoxy) is 2. The molecule has 0 radical (unpaired) electrons. The number of piperazine rings is 1. The minimum atomic E-state index is -0.742. The second kappa shape index (κ2) is 13.5. The number of nitrogens with one attached hydrogen (secondary N) is 1. The summed E-state index contributed by atoms with van der Waals surface area (Å²) in [6.45, 7) is 3.33. The van der Waals surface area contributed by atoms with E-state index in [1.165, 1.54) is 7.11 Å². The molecule has 5 N–H and O–H groups in total. The maximum absolute atomic E-state index is 12.0. The molecule has 0 atom stereocenters. The third-order valence-corrected chi connectivity index (χ3v) is 4.86. The van der Waals surface area contributed by atoms with E-state index in [2.05, 4.69) is 19.7 Å². The van der Waals surface area contributed by atoms with Gasteiger partial charge in [0.15, 0.2) is 0 Å². The molecule has 0 bridgehead atoms. The first-order chi connectivity index (χ1) is 15.9. The van der Waals surface area contributed by atoms with Gasteiger partial charge in [-0.05, 0) is 23.8 Å². The van der Waals surface area contributed by atoms with E-state index in [-0.39, 0.29) is 25.0 Å². The van der Waals surface area contributed by atoms with Gasteiger partial charge in [-0.1, -0.05) is 36.4 Å². The number of hydrogen-bond acceptors (Lipinski definition) is 7. The van der Waals surface area contributed by atoms with Crippen LogP contribution in [0.2, 0.25) is 0 Å². The van der Waals surface area contributed by atoms with Gasteiger partial charge in [0.2, 0.25) is 0 Å². The monoisotopic (exact) mass is 457 g/mol. The van der Waals surface area contributed by atoms with Crippen molar-refractivity contribution >= 4 is 29.5 Å². The van der Waals surface area contributed by atoms with Gasteiger partial charge >= 0.3 is 18.1 Å². The summed E-state index contributed by atoms with van der Waals surface area (Å²) < 4.78 is 9.10. The first-order valence-electron chi connectivity index (χ1n) is 10.5. The van der Waals surface area contributed by atoms with Gasteiger partial charge in [0.1, 0.15) is 6.61 Å². The SMILES string of the molecule is COC(=O)CCNC(=O)N1CCN(c2cccc(N)c2)CC1.NC(=O)OCc1ccccc1. The minimum Gasteiger partial charge on any atom is -0.469 e. The van der Waals surface area contributed by atoms with Crippen molar-refractivity contribution in [3.8, 4) is 0 Å². The van der Waals surface area contributed by atoms with E-state index in [0.29, 0.717) is 19.6 Å². The molecule has 0 aromatic heterocycles. The van der Waals surface area contributed by atoms with Crippen LogP contribution in [0, 0.1) is 0 Å². The molecule has 2 aromatic carbocycles. The summed E-state index contributed by atoms with van der Waals surface area (Å²) in [6, 6.07) is 17.0. The Labute approximate surface area is 193 Å². The van der Waals surface area contributed by atoms with E-state index in [4.69, 9.17) is 11.5 Å². The van der Waals surface area contributed by atoms with Crippen molar-refractivity contribution < 1.29 is 23.9 Å². The summed E-state index contributed by atoms with van der Waals surface area (Å²) in [6.07, 6.45) is -0.556. The zero-order chi connectivity index (χ0) is 24.1. The molecule has 10 heteroatoms. The van der Waals surface area contributed by atoms with E-state index in [1.54, 1.807) is 4.90 Å². The zero-order valence-electron chi connectivity index (χ0n) is 18.7. The van der Waals surface area contributed by atoms with Crippen molar-refractivity contribution in [3.63, 3.8) is 0 Å². The molecule has 33 heavy (non-hydrogen) atoms. The molecule has 0 spiro atoms. The number of amides is 3. The van der Waals surface area contributed by atoms with Crippen molar-refractivity contribution in [2.24, 2.45) is 5.73 Å². The average Bonchev–Trinajstić information content (AvgIpc) is 2.83. The summed E-state index contributed by atoms with van der Waals surface area (Å²) in [5.41, 5.74) is 13.3. The first kappa shape index (κ1) is 25.3. The van der Waals surface area contributed by atoms with Crippen molar-refractivity contribution in [2.75, 3.05) is 50.5 Å². The number of nitrogens with zero attached hydrogens (tertiary/aromatic N) is 2. The van der Waals surface area contributed by atoms with E-state index in [9.17, 15) is 14.4 Å². The van der Waals surface area contributed by atoms with Crippen molar-refractivity contribution in [1.29, 1.82) is 0 Å². The van der Waals surface area contributed by atoms with Crippen molar-refractivity contribution in [3.05, 3.63) is 60.2 Å². The number of carbonyl (C=O) groups excluding carboxylic acids is 3. The standard InChI is InChI=1S/C15H22N4O3.C8H9NO2/c1-22-14(20)5-6-17-15(21)19-9-7-18(8-10-19)13-4-2-3-12(16)11-13;9-8(10)11-6-7-4-2-1-3-5-7/h2-4,11H,5-10,16H2,1H3,(H,17,21);1-5H,6H2,(H2,9,10). The van der Waals surface area contributed by atoms with Gasteiger partial charge in [-0.25, -0.2) is 9.59 Å². The van der Waals surface area contributed by atoms with Gasteiger partial charge < -0.3 is 36.1 Å². The highest BCUT2D eigenvalue weighted by Crippen LogP contribution is 2.19. The number of anilines is 2. The Hall–Kier alpha value is -3.95. The van der Waals surface area contributed by atoms with Gasteiger partial charge in [-0.3, -0.25) is 4.79 Å². The van der Waals surface area contributed by atoms with Crippen LogP contribution < -0.4 is 21.7 Å². The van der Waals surface area contributed by atoms with Crippen LogP contribution in [0.4, 0.5) is 21.0 Å². The number of nitrogen functional groups attached to an aromatic ring is 1. The molecule has 1 heterocycles. The van der Waals surface area contributed by atoms with Gasteiger partial charge in [-0.2, -0.15) is 0 Å². The highest BCUT2D eigenvalue weighted by molar-refractivity contribution is 5.76. The highest BCUT2D eigenvalue weighted by Gasteiger charge is 2.21. The number of primary amides is 1. The number of rotatable bonds is 6. The summed E-state index contributed by atoms with van der Waals surface area (Å²) >= 11 is 0. The molecule has 0 aliphatic carbocycles. The van der Waals surface area contributed by atoms with Gasteiger partial charge in [0.05, 0.1) is 13.5 Å². The van der Waals surface area contributed by atoms with Crippen LogP contribution in [0.15, 0.2) is 54.6 Å². The number of esters is 1. The highest BCUT2D eigenvalue weighted by atomic mass is 16.5. The smallest absolute Gasteiger partial charge is 0.404 e. The van der Waals surface area contributed by atoms with E-state index < -0.39 is 6.09 Å². The second-order valence-electron chi connectivity index (χ2n) is 7.22. The first-order valence-corrected chi connectivity index (χ1v) is 10.5. The number of urea groups is 1. The fraction of sp³-hybridized carbons (Fsp3) is 0.348. The van der Waals surface area contributed by atoms with Crippen LogP contribution in [0.1, 0.15) is 12.0 Å². The predicted octanol–water partition coefficient (Wildman–Crippen LogP) is 1.95. The number of nitrogens with two attached hydrogens (primary N) is 2. The molecule has 0 saturated carbocycles. The van der Waals surface area contributed by atoms with Crippen LogP contribution >= 0.6 is 0 Å². The molecular formula is C23H31N5O5. The van der Waals surface area contributed by atoms with Gasteiger partial charge in [-0.15, -0.1) is 0 Å². The molecule has 1 saturated heterocycles. The Morgan fingerprint density at radius 2 is 1.70 bits per heavy atom. The maximum Gasteiger partial charge on any atom is 0.404 e. The molecule has 10 nitrogen and oxygen atoms in total. The Morgan fingerprint density at radius 3 is 2.30 bits per heavy atom. The topological polar surface area (TPSA) is 140 Å². The van der Waals surface area contributed by atoms with Gasteiger partial charge in [0.25, 0.3) is 0 Å². The molecule has 1 fully saturated rings. The quantitative estimate of drug-likeness (QED) is 0.445. The second-order valence-corrected chi connectivity index (χ2v) is 7.22. The molecule has 0 unspecified atom stereocenters.